The van der Waals surface area contributed by atoms with E-state index in [9.17, 15) is 0 Å². The van der Waals surface area contributed by atoms with Crippen molar-refractivity contribution >= 4 is 38.0 Å². The first-order valence-electron chi connectivity index (χ1n) is 5.35. The number of thiophene rings is 1. The van der Waals surface area contributed by atoms with E-state index in [1.165, 1.54) is 26.8 Å². The van der Waals surface area contributed by atoms with Crippen LogP contribution in [-0.2, 0) is 5.33 Å². The molecule has 0 atom stereocenters. The van der Waals surface area contributed by atoms with Crippen molar-refractivity contribution in [2.45, 2.75) is 5.33 Å². The zero-order valence-electron chi connectivity index (χ0n) is 9.06. The van der Waals surface area contributed by atoms with Gasteiger partial charge in [0.25, 0.3) is 0 Å². The Morgan fingerprint density at radius 3 is 2.88 bits per heavy atom. The molecule has 1 nitrogen and oxygen atoms in total. The maximum Gasteiger partial charge on any atom is 0.0377 e. The molecular formula is C14H10BrNS. The quantitative estimate of drug-likeness (QED) is 0.616. The molecule has 3 heteroatoms. The third-order valence-corrected chi connectivity index (χ3v) is 4.68. The minimum atomic E-state index is 0.913. The Kier molecular flexibility index (Phi) is 2.95. The van der Waals surface area contributed by atoms with Crippen LogP contribution in [0.1, 0.15) is 4.88 Å². The number of hydrogen-bond acceptors (Lipinski definition) is 2. The van der Waals surface area contributed by atoms with E-state index in [0.29, 0.717) is 0 Å². The van der Waals surface area contributed by atoms with Crippen molar-refractivity contribution in [3.05, 3.63) is 53.0 Å². The first-order valence-corrected chi connectivity index (χ1v) is 7.35. The van der Waals surface area contributed by atoms with Crippen molar-refractivity contribution in [2.24, 2.45) is 0 Å². The number of aromatic nitrogens is 1. The summed E-state index contributed by atoms with van der Waals surface area (Å²) in [4.78, 5) is 5.66. The Hall–Kier alpha value is -1.19. The summed E-state index contributed by atoms with van der Waals surface area (Å²) < 4.78 is 0. The van der Waals surface area contributed by atoms with E-state index in [4.69, 9.17) is 0 Å². The van der Waals surface area contributed by atoms with Crippen molar-refractivity contribution in [3.63, 3.8) is 0 Å². The number of nitrogens with zero attached hydrogens (tertiary/aromatic N) is 1. The molecule has 0 N–H and O–H groups in total. The van der Waals surface area contributed by atoms with E-state index >= 15 is 0 Å². The number of halogens is 1. The summed E-state index contributed by atoms with van der Waals surface area (Å²) in [5.41, 5.74) is 2.47. The zero-order chi connectivity index (χ0) is 11.7. The molecule has 3 aromatic rings. The molecule has 0 aliphatic heterocycles. The van der Waals surface area contributed by atoms with E-state index in [1.807, 2.05) is 18.5 Å². The molecule has 2 heterocycles. The number of hydrogen-bond donors (Lipinski definition) is 0. The van der Waals surface area contributed by atoms with Gasteiger partial charge in [-0.2, -0.15) is 0 Å². The summed E-state index contributed by atoms with van der Waals surface area (Å²) in [6.07, 6.45) is 3.86. The molecule has 0 bridgehead atoms. The Labute approximate surface area is 112 Å². The molecule has 3 rings (SSSR count). The van der Waals surface area contributed by atoms with Crippen molar-refractivity contribution in [2.75, 3.05) is 0 Å². The van der Waals surface area contributed by atoms with Crippen LogP contribution in [0, 0.1) is 0 Å². The molecule has 0 unspecified atom stereocenters. The van der Waals surface area contributed by atoms with E-state index in [1.54, 1.807) is 11.3 Å². The van der Waals surface area contributed by atoms with Crippen LogP contribution in [0.15, 0.2) is 48.1 Å². The minimum absolute atomic E-state index is 0.913. The lowest BCUT2D eigenvalue weighted by atomic mass is 10.0. The Morgan fingerprint density at radius 2 is 2.06 bits per heavy atom. The van der Waals surface area contributed by atoms with Crippen LogP contribution < -0.4 is 0 Å². The summed E-state index contributed by atoms with van der Waals surface area (Å²) in [5.74, 6) is 0. The predicted octanol–water partition coefficient (Wildman–Crippen LogP) is 4.86. The van der Waals surface area contributed by atoms with Crippen molar-refractivity contribution in [1.82, 2.24) is 4.98 Å². The van der Waals surface area contributed by atoms with Gasteiger partial charge in [0, 0.05) is 33.6 Å². The van der Waals surface area contributed by atoms with Crippen LogP contribution in [0.4, 0.5) is 0 Å². The van der Waals surface area contributed by atoms with Gasteiger partial charge >= 0.3 is 0 Å². The highest BCUT2D eigenvalue weighted by Crippen LogP contribution is 2.31. The molecule has 0 saturated heterocycles. The summed E-state index contributed by atoms with van der Waals surface area (Å²) in [6.45, 7) is 0. The topological polar surface area (TPSA) is 12.9 Å². The number of benzene rings is 1. The molecule has 0 aliphatic carbocycles. The van der Waals surface area contributed by atoms with Gasteiger partial charge in [-0.15, -0.1) is 11.3 Å². The zero-order valence-corrected chi connectivity index (χ0v) is 11.5. The number of alkyl halides is 1. The minimum Gasteiger partial charge on any atom is -0.263 e. The summed E-state index contributed by atoms with van der Waals surface area (Å²) in [7, 11) is 0. The second-order valence-corrected chi connectivity index (χ2v) is 5.40. The second kappa shape index (κ2) is 4.59. The molecule has 0 fully saturated rings. The molecule has 0 spiro atoms. The maximum absolute atomic E-state index is 4.32. The van der Waals surface area contributed by atoms with E-state index in [2.05, 4.69) is 50.6 Å². The Bertz CT molecular complexity index is 655. The van der Waals surface area contributed by atoms with E-state index in [0.717, 1.165) is 5.33 Å². The van der Waals surface area contributed by atoms with Crippen LogP contribution in [0.25, 0.3) is 21.9 Å². The molecule has 17 heavy (non-hydrogen) atoms. The molecule has 0 amide bonds. The molecule has 84 valence electrons. The van der Waals surface area contributed by atoms with Crippen molar-refractivity contribution < 1.29 is 0 Å². The van der Waals surface area contributed by atoms with Crippen LogP contribution in [-0.4, -0.2) is 4.98 Å². The van der Waals surface area contributed by atoms with Gasteiger partial charge in [-0.05, 0) is 22.4 Å². The average molecular weight is 304 g/mol. The lowest BCUT2D eigenvalue weighted by Crippen LogP contribution is -1.81. The van der Waals surface area contributed by atoms with Crippen LogP contribution in [0.5, 0.6) is 0 Å². The fourth-order valence-corrected chi connectivity index (χ4v) is 3.23. The van der Waals surface area contributed by atoms with Gasteiger partial charge in [-0.1, -0.05) is 40.2 Å². The largest absolute Gasteiger partial charge is 0.263 e. The highest BCUT2D eigenvalue weighted by atomic mass is 79.9. The summed E-state index contributed by atoms with van der Waals surface area (Å²) in [5, 5.41) is 5.56. The lowest BCUT2D eigenvalue weighted by Gasteiger charge is -2.03. The van der Waals surface area contributed by atoms with Gasteiger partial charge in [-0.25, -0.2) is 0 Å². The molecule has 1 aromatic carbocycles. The van der Waals surface area contributed by atoms with E-state index < -0.39 is 0 Å². The highest BCUT2D eigenvalue weighted by molar-refractivity contribution is 9.08. The fraction of sp³-hybridized carbons (Fsp3) is 0.0714. The smallest absolute Gasteiger partial charge is 0.0377 e. The highest BCUT2D eigenvalue weighted by Gasteiger charge is 2.06. The SMILES string of the molecule is BrCc1cc(-c2cncc3ccccc23)cs1. The van der Waals surface area contributed by atoms with Crippen LogP contribution >= 0.6 is 27.3 Å². The van der Waals surface area contributed by atoms with Crippen LogP contribution in [0.3, 0.4) is 0 Å². The lowest BCUT2D eigenvalue weighted by molar-refractivity contribution is 1.36. The van der Waals surface area contributed by atoms with Crippen LogP contribution in [0.2, 0.25) is 0 Å². The maximum atomic E-state index is 4.32. The summed E-state index contributed by atoms with van der Waals surface area (Å²) >= 11 is 5.27. The van der Waals surface area contributed by atoms with Gasteiger partial charge in [0.2, 0.25) is 0 Å². The standard InChI is InChI=1S/C14H10BrNS/c15-6-12-5-11(9-17-12)14-8-16-7-10-3-1-2-4-13(10)14/h1-5,7-9H,6H2. The summed E-state index contributed by atoms with van der Waals surface area (Å²) in [6, 6.07) is 10.6. The Balaban J connectivity index is 2.23. The molecule has 0 aliphatic rings. The number of fused-ring (bicyclic) bond motifs is 1. The fourth-order valence-electron chi connectivity index (χ4n) is 1.94. The van der Waals surface area contributed by atoms with Gasteiger partial charge in [0.1, 0.15) is 0 Å². The van der Waals surface area contributed by atoms with Crippen molar-refractivity contribution in [1.29, 1.82) is 0 Å². The Morgan fingerprint density at radius 1 is 1.18 bits per heavy atom. The monoisotopic (exact) mass is 303 g/mol. The third kappa shape index (κ3) is 2.01. The third-order valence-electron chi connectivity index (χ3n) is 2.76. The normalized spacial score (nSPS) is 10.9. The van der Waals surface area contributed by atoms with E-state index in [-0.39, 0.29) is 0 Å². The number of pyridine rings is 1. The molecule has 0 radical (unpaired) electrons. The first kappa shape index (κ1) is 10.9. The second-order valence-electron chi connectivity index (χ2n) is 3.84. The van der Waals surface area contributed by atoms with Gasteiger partial charge in [-0.3, -0.25) is 4.98 Å². The molecular weight excluding hydrogens is 294 g/mol. The molecule has 2 aromatic heterocycles. The predicted molar refractivity (Wildman–Crippen MR) is 77.7 cm³/mol. The van der Waals surface area contributed by atoms with Crippen molar-refractivity contribution in [3.8, 4) is 11.1 Å². The average Bonchev–Trinajstić information content (AvgIpc) is 2.87. The molecule has 0 saturated carbocycles. The van der Waals surface area contributed by atoms with Gasteiger partial charge in [0.15, 0.2) is 0 Å². The van der Waals surface area contributed by atoms with Gasteiger partial charge < -0.3 is 0 Å². The number of rotatable bonds is 2. The first-order chi connectivity index (χ1) is 8.38. The van der Waals surface area contributed by atoms with Gasteiger partial charge in [0.05, 0.1) is 0 Å².